The van der Waals surface area contributed by atoms with Gasteiger partial charge in [-0.3, -0.25) is 0 Å². The number of aliphatic hydroxyl groups excluding tert-OH is 1. The number of likely N-dealkylation sites (tertiary alicyclic amines) is 1. The van der Waals surface area contributed by atoms with Crippen LogP contribution in [0.15, 0.2) is 54.6 Å². The summed E-state index contributed by atoms with van der Waals surface area (Å²) < 4.78 is 0. The maximum Gasteiger partial charge on any atom is 0.0790 e. The first-order valence-electron chi connectivity index (χ1n) is 11.0. The number of nitrogens with zero attached hydrogens (tertiary/aromatic N) is 1. The van der Waals surface area contributed by atoms with Crippen LogP contribution in [0.2, 0.25) is 0 Å². The van der Waals surface area contributed by atoms with Crippen molar-refractivity contribution in [2.75, 3.05) is 19.6 Å². The Hall–Kier alpha value is -1.64. The molecule has 2 aromatic carbocycles. The molecule has 1 fully saturated rings. The molecule has 0 radical (unpaired) electrons. The minimum atomic E-state index is -0.343. The van der Waals surface area contributed by atoms with Crippen LogP contribution in [-0.2, 0) is 11.8 Å². The second-order valence-corrected chi connectivity index (χ2v) is 9.50. The highest BCUT2D eigenvalue weighted by atomic mass is 16.3. The Kier molecular flexibility index (Phi) is 7.31. The van der Waals surface area contributed by atoms with Gasteiger partial charge in [0.1, 0.15) is 0 Å². The summed E-state index contributed by atoms with van der Waals surface area (Å²) in [4.78, 5) is 2.58. The van der Waals surface area contributed by atoms with Crippen molar-refractivity contribution in [3.8, 4) is 0 Å². The standard InChI is InChI=1S/C26H37NO/c1-26(2,3)24-13-11-23(12-14-24)25(28)10-7-17-27-18-15-22(16-19-27)20-21-8-5-4-6-9-21/h4-6,8-9,11-14,22,25,28H,7,10,15-20H2,1-3H3/t25-/m0/s1. The van der Waals surface area contributed by atoms with Gasteiger partial charge in [-0.05, 0) is 79.8 Å². The highest BCUT2D eigenvalue weighted by molar-refractivity contribution is 5.28. The van der Waals surface area contributed by atoms with Gasteiger partial charge in [0.2, 0.25) is 0 Å². The summed E-state index contributed by atoms with van der Waals surface area (Å²) in [6.07, 6.45) is 5.38. The third-order valence-corrected chi connectivity index (χ3v) is 6.19. The van der Waals surface area contributed by atoms with E-state index in [4.69, 9.17) is 0 Å². The number of hydrogen-bond acceptors (Lipinski definition) is 2. The fourth-order valence-electron chi connectivity index (χ4n) is 4.24. The molecule has 0 aliphatic carbocycles. The molecular weight excluding hydrogens is 342 g/mol. The van der Waals surface area contributed by atoms with E-state index in [-0.39, 0.29) is 11.5 Å². The van der Waals surface area contributed by atoms with E-state index in [1.165, 1.54) is 43.5 Å². The van der Waals surface area contributed by atoms with Gasteiger partial charge in [-0.2, -0.15) is 0 Å². The third-order valence-electron chi connectivity index (χ3n) is 6.19. The van der Waals surface area contributed by atoms with Gasteiger partial charge in [0, 0.05) is 0 Å². The van der Waals surface area contributed by atoms with E-state index in [0.29, 0.717) is 0 Å². The van der Waals surface area contributed by atoms with E-state index in [2.05, 4.69) is 80.3 Å². The molecule has 1 aliphatic rings. The highest BCUT2D eigenvalue weighted by Crippen LogP contribution is 2.26. The van der Waals surface area contributed by atoms with Crippen molar-refractivity contribution in [2.45, 2.75) is 64.4 Å². The molecule has 2 nitrogen and oxygen atoms in total. The Morgan fingerprint density at radius 1 is 0.964 bits per heavy atom. The third kappa shape index (κ3) is 6.18. The lowest BCUT2D eigenvalue weighted by molar-refractivity contribution is 0.142. The molecule has 0 aromatic heterocycles. The summed E-state index contributed by atoms with van der Waals surface area (Å²) in [6, 6.07) is 19.4. The first kappa shape index (κ1) is 21.1. The molecule has 3 rings (SSSR count). The first-order valence-corrected chi connectivity index (χ1v) is 11.0. The van der Waals surface area contributed by atoms with Crippen molar-refractivity contribution in [3.63, 3.8) is 0 Å². The topological polar surface area (TPSA) is 23.5 Å². The van der Waals surface area contributed by atoms with Crippen molar-refractivity contribution in [2.24, 2.45) is 5.92 Å². The van der Waals surface area contributed by atoms with Crippen LogP contribution in [0.3, 0.4) is 0 Å². The maximum atomic E-state index is 10.5. The number of rotatable bonds is 7. The maximum absolute atomic E-state index is 10.5. The molecule has 1 aliphatic heterocycles. The van der Waals surface area contributed by atoms with E-state index in [1.54, 1.807) is 0 Å². The van der Waals surface area contributed by atoms with Crippen LogP contribution >= 0.6 is 0 Å². The van der Waals surface area contributed by atoms with E-state index < -0.39 is 0 Å². The molecule has 1 N–H and O–H groups in total. The Balaban J connectivity index is 1.36. The lowest BCUT2D eigenvalue weighted by Gasteiger charge is -2.32. The molecule has 1 heterocycles. The van der Waals surface area contributed by atoms with Crippen LogP contribution in [0.25, 0.3) is 0 Å². The van der Waals surface area contributed by atoms with Crippen molar-refractivity contribution in [1.29, 1.82) is 0 Å². The van der Waals surface area contributed by atoms with Crippen LogP contribution < -0.4 is 0 Å². The fourth-order valence-corrected chi connectivity index (χ4v) is 4.24. The van der Waals surface area contributed by atoms with Gasteiger partial charge in [0.05, 0.1) is 6.10 Å². The van der Waals surface area contributed by atoms with E-state index in [9.17, 15) is 5.11 Å². The van der Waals surface area contributed by atoms with Crippen LogP contribution in [0.5, 0.6) is 0 Å². The largest absolute Gasteiger partial charge is 0.388 e. The second-order valence-electron chi connectivity index (χ2n) is 9.50. The number of aliphatic hydroxyl groups is 1. The summed E-state index contributed by atoms with van der Waals surface area (Å²) in [5, 5.41) is 10.5. The number of benzene rings is 2. The predicted octanol–water partition coefficient (Wildman–Crippen LogP) is 5.75. The van der Waals surface area contributed by atoms with Gasteiger partial charge in [-0.15, -0.1) is 0 Å². The van der Waals surface area contributed by atoms with Crippen molar-refractivity contribution in [3.05, 3.63) is 71.3 Å². The Morgan fingerprint density at radius 3 is 2.21 bits per heavy atom. The molecular formula is C26H37NO. The minimum absolute atomic E-state index is 0.163. The molecule has 0 amide bonds. The van der Waals surface area contributed by atoms with Crippen LogP contribution in [0, 0.1) is 5.92 Å². The van der Waals surface area contributed by atoms with Gasteiger partial charge in [0.15, 0.2) is 0 Å². The molecule has 0 saturated carbocycles. The average Bonchev–Trinajstić information content (AvgIpc) is 2.69. The average molecular weight is 380 g/mol. The summed E-state index contributed by atoms with van der Waals surface area (Å²) in [5.41, 5.74) is 4.01. The van der Waals surface area contributed by atoms with E-state index in [1.807, 2.05) is 0 Å². The Morgan fingerprint density at radius 2 is 1.61 bits per heavy atom. The molecule has 0 unspecified atom stereocenters. The molecule has 152 valence electrons. The summed E-state index contributed by atoms with van der Waals surface area (Å²) in [6.45, 7) is 10.2. The normalized spacial score (nSPS) is 17.6. The zero-order chi connectivity index (χ0) is 20.0. The lowest BCUT2D eigenvalue weighted by Crippen LogP contribution is -2.35. The Labute approximate surface area is 171 Å². The molecule has 0 spiro atoms. The number of hydrogen-bond donors (Lipinski definition) is 1. The van der Waals surface area contributed by atoms with Crippen LogP contribution in [-0.4, -0.2) is 29.6 Å². The molecule has 0 bridgehead atoms. The van der Waals surface area contributed by atoms with Crippen LogP contribution in [0.4, 0.5) is 0 Å². The van der Waals surface area contributed by atoms with Gasteiger partial charge < -0.3 is 10.0 Å². The highest BCUT2D eigenvalue weighted by Gasteiger charge is 2.20. The lowest BCUT2D eigenvalue weighted by atomic mass is 9.86. The zero-order valence-electron chi connectivity index (χ0n) is 17.9. The van der Waals surface area contributed by atoms with Gasteiger partial charge in [-0.25, -0.2) is 0 Å². The molecule has 28 heavy (non-hydrogen) atoms. The van der Waals surface area contributed by atoms with Gasteiger partial charge in [-0.1, -0.05) is 75.4 Å². The molecule has 1 atom stereocenters. The Bertz CT molecular complexity index is 693. The minimum Gasteiger partial charge on any atom is -0.388 e. The number of piperidine rings is 1. The summed E-state index contributed by atoms with van der Waals surface area (Å²) >= 11 is 0. The molecule has 2 aromatic rings. The summed E-state index contributed by atoms with van der Waals surface area (Å²) in [7, 11) is 0. The molecule has 2 heteroatoms. The first-order chi connectivity index (χ1) is 13.4. The summed E-state index contributed by atoms with van der Waals surface area (Å²) in [5.74, 6) is 0.825. The zero-order valence-corrected chi connectivity index (χ0v) is 17.9. The van der Waals surface area contributed by atoms with E-state index in [0.717, 1.165) is 30.9 Å². The second kappa shape index (κ2) is 9.71. The van der Waals surface area contributed by atoms with Gasteiger partial charge >= 0.3 is 0 Å². The smallest absolute Gasteiger partial charge is 0.0790 e. The monoisotopic (exact) mass is 379 g/mol. The van der Waals surface area contributed by atoms with Gasteiger partial charge in [0.25, 0.3) is 0 Å². The van der Waals surface area contributed by atoms with Crippen molar-refractivity contribution < 1.29 is 5.11 Å². The van der Waals surface area contributed by atoms with Crippen molar-refractivity contribution in [1.82, 2.24) is 4.90 Å². The fraction of sp³-hybridized carbons (Fsp3) is 0.538. The predicted molar refractivity (Wildman–Crippen MR) is 119 cm³/mol. The quantitative estimate of drug-likeness (QED) is 0.662. The van der Waals surface area contributed by atoms with Crippen molar-refractivity contribution >= 4 is 0 Å². The SMILES string of the molecule is CC(C)(C)c1ccc([C@@H](O)CCCN2CCC(Cc3ccccc3)CC2)cc1. The van der Waals surface area contributed by atoms with Crippen LogP contribution in [0.1, 0.15) is 69.2 Å². The van der Waals surface area contributed by atoms with E-state index >= 15 is 0 Å². The molecule has 1 saturated heterocycles.